The van der Waals surface area contributed by atoms with E-state index in [9.17, 15) is 9.59 Å². The Balaban J connectivity index is 2.71. The van der Waals surface area contributed by atoms with Crippen molar-refractivity contribution in [1.29, 1.82) is 5.26 Å². The van der Waals surface area contributed by atoms with Gasteiger partial charge in [-0.15, -0.1) is 0 Å². The van der Waals surface area contributed by atoms with Crippen molar-refractivity contribution in [2.75, 3.05) is 14.2 Å². The number of esters is 1. The number of amides is 1. The summed E-state index contributed by atoms with van der Waals surface area (Å²) in [6.45, 7) is 0. The van der Waals surface area contributed by atoms with Crippen molar-refractivity contribution in [1.82, 2.24) is 5.32 Å². The predicted octanol–water partition coefficient (Wildman–Crippen LogP) is 2.12. The minimum Gasteiger partial charge on any atom is -0.467 e. The van der Waals surface area contributed by atoms with E-state index in [4.69, 9.17) is 14.7 Å². The van der Waals surface area contributed by atoms with Gasteiger partial charge in [-0.25, -0.2) is 4.79 Å². The smallest absolute Gasteiger partial charge is 0.328 e. The molecule has 1 rings (SSSR count). The van der Waals surface area contributed by atoms with Crippen LogP contribution in [0.3, 0.4) is 0 Å². The van der Waals surface area contributed by atoms with E-state index in [1.165, 1.54) is 14.2 Å². The maximum atomic E-state index is 12.4. The van der Waals surface area contributed by atoms with Crippen LogP contribution in [-0.4, -0.2) is 32.1 Å². The largest absolute Gasteiger partial charge is 0.467 e. The fourth-order valence-corrected chi connectivity index (χ4v) is 2.21. The van der Waals surface area contributed by atoms with Crippen LogP contribution in [0, 0.1) is 11.3 Å². The van der Waals surface area contributed by atoms with Gasteiger partial charge in [0.25, 0.3) is 5.91 Å². The van der Waals surface area contributed by atoms with E-state index < -0.39 is 24.0 Å². The molecule has 0 radical (unpaired) electrons. The third-order valence-electron chi connectivity index (χ3n) is 3.41. The van der Waals surface area contributed by atoms with Crippen molar-refractivity contribution in [3.63, 3.8) is 0 Å². The molecule has 0 spiro atoms. The summed E-state index contributed by atoms with van der Waals surface area (Å²) in [7, 11) is 2.72. The molecule has 2 atom stereocenters. The van der Waals surface area contributed by atoms with Gasteiger partial charge in [-0.3, -0.25) is 4.79 Å². The molecule has 0 saturated carbocycles. The monoisotopic (exact) mass is 318 g/mol. The zero-order valence-electron chi connectivity index (χ0n) is 13.5. The van der Waals surface area contributed by atoms with Crippen LogP contribution in [-0.2, 0) is 19.1 Å². The highest BCUT2D eigenvalue weighted by Gasteiger charge is 2.26. The predicted molar refractivity (Wildman–Crippen MR) is 84.2 cm³/mol. The van der Waals surface area contributed by atoms with Gasteiger partial charge in [-0.1, -0.05) is 30.3 Å². The minimum atomic E-state index is -0.789. The van der Waals surface area contributed by atoms with Crippen LogP contribution in [0.15, 0.2) is 30.3 Å². The Labute approximate surface area is 136 Å². The topological polar surface area (TPSA) is 88.4 Å². The van der Waals surface area contributed by atoms with Gasteiger partial charge in [0, 0.05) is 13.5 Å². The van der Waals surface area contributed by atoms with Gasteiger partial charge in [-0.05, 0) is 24.8 Å². The molecule has 1 N–H and O–H groups in total. The Morgan fingerprint density at radius 1 is 1.22 bits per heavy atom. The number of methoxy groups -OCH3 is 2. The average molecular weight is 318 g/mol. The van der Waals surface area contributed by atoms with E-state index >= 15 is 0 Å². The van der Waals surface area contributed by atoms with Crippen molar-refractivity contribution in [3.05, 3.63) is 35.9 Å². The average Bonchev–Trinajstić information content (AvgIpc) is 2.58. The lowest BCUT2D eigenvalue weighted by Crippen LogP contribution is -2.44. The summed E-state index contributed by atoms with van der Waals surface area (Å²) in [5.74, 6) is -0.896. The molecule has 0 aliphatic heterocycles. The first-order valence-electron chi connectivity index (χ1n) is 7.47. The van der Waals surface area contributed by atoms with Gasteiger partial charge in [-0.2, -0.15) is 5.26 Å². The number of nitrogens with zero attached hydrogens (tertiary/aromatic N) is 1. The quantitative estimate of drug-likeness (QED) is 0.556. The minimum absolute atomic E-state index is 0.394. The summed E-state index contributed by atoms with van der Waals surface area (Å²) >= 11 is 0. The second-order valence-corrected chi connectivity index (χ2v) is 5.01. The molecule has 0 saturated heterocycles. The highest BCUT2D eigenvalue weighted by Crippen LogP contribution is 2.17. The molecule has 124 valence electrons. The summed E-state index contributed by atoms with van der Waals surface area (Å²) in [5.41, 5.74) is 0.709. The van der Waals surface area contributed by atoms with Gasteiger partial charge in [0.1, 0.15) is 6.04 Å². The Morgan fingerprint density at radius 3 is 2.48 bits per heavy atom. The maximum Gasteiger partial charge on any atom is 0.328 e. The van der Waals surface area contributed by atoms with Gasteiger partial charge < -0.3 is 14.8 Å². The molecule has 0 aromatic heterocycles. The fourth-order valence-electron chi connectivity index (χ4n) is 2.21. The third kappa shape index (κ3) is 6.09. The van der Waals surface area contributed by atoms with Crippen molar-refractivity contribution in [2.45, 2.75) is 37.8 Å². The summed E-state index contributed by atoms with van der Waals surface area (Å²) in [6, 6.07) is 10.4. The number of benzene rings is 1. The number of carbonyl (C=O) groups excluding carboxylic acids is 2. The van der Waals surface area contributed by atoms with E-state index in [0.29, 0.717) is 31.2 Å². The zero-order chi connectivity index (χ0) is 17.1. The van der Waals surface area contributed by atoms with Gasteiger partial charge in [0.2, 0.25) is 0 Å². The normalized spacial score (nSPS) is 12.7. The molecule has 1 aromatic rings. The fraction of sp³-hybridized carbons (Fsp3) is 0.471. The van der Waals surface area contributed by atoms with Crippen molar-refractivity contribution in [3.8, 4) is 6.07 Å². The number of hydrogen-bond acceptors (Lipinski definition) is 5. The first kappa shape index (κ1) is 18.7. The number of rotatable bonds is 9. The maximum absolute atomic E-state index is 12.4. The molecule has 0 bridgehead atoms. The lowest BCUT2D eigenvalue weighted by atomic mass is 10.1. The second kappa shape index (κ2) is 10.4. The first-order chi connectivity index (χ1) is 11.1. The number of hydrogen-bond donors (Lipinski definition) is 1. The molecule has 0 unspecified atom stereocenters. The Kier molecular flexibility index (Phi) is 8.40. The van der Waals surface area contributed by atoms with Crippen LogP contribution in [0.5, 0.6) is 0 Å². The zero-order valence-corrected chi connectivity index (χ0v) is 13.5. The van der Waals surface area contributed by atoms with Crippen LogP contribution in [0.25, 0.3) is 0 Å². The molecular weight excluding hydrogens is 296 g/mol. The summed E-state index contributed by atoms with van der Waals surface area (Å²) in [5, 5.41) is 11.2. The molecule has 6 nitrogen and oxygen atoms in total. The van der Waals surface area contributed by atoms with E-state index in [-0.39, 0.29) is 0 Å². The number of nitriles is 1. The number of carbonyl (C=O) groups is 2. The Hall–Kier alpha value is -2.39. The lowest BCUT2D eigenvalue weighted by molar-refractivity contribution is -0.147. The third-order valence-corrected chi connectivity index (χ3v) is 3.41. The molecule has 1 amide bonds. The first-order valence-corrected chi connectivity index (χ1v) is 7.47. The van der Waals surface area contributed by atoms with Crippen LogP contribution >= 0.6 is 0 Å². The summed E-state index contributed by atoms with van der Waals surface area (Å²) in [6.07, 6.45) is 1.38. The van der Waals surface area contributed by atoms with Gasteiger partial charge in [0.15, 0.2) is 6.10 Å². The molecule has 0 fully saturated rings. The van der Waals surface area contributed by atoms with Crippen molar-refractivity contribution < 1.29 is 19.1 Å². The SMILES string of the molecule is COC(=O)[C@@H](CCCCC#N)NC(=O)[C@@H](OC)c1ccccc1. The van der Waals surface area contributed by atoms with E-state index in [0.717, 1.165) is 0 Å². The van der Waals surface area contributed by atoms with Crippen LogP contribution in [0.4, 0.5) is 0 Å². The van der Waals surface area contributed by atoms with E-state index in [1.807, 2.05) is 18.2 Å². The number of nitrogens with one attached hydrogen (secondary N) is 1. The Morgan fingerprint density at radius 2 is 1.91 bits per heavy atom. The lowest BCUT2D eigenvalue weighted by Gasteiger charge is -2.20. The Bertz CT molecular complexity index is 539. The molecule has 0 heterocycles. The molecular formula is C17H22N2O4. The molecule has 1 aromatic carbocycles. The van der Waals surface area contributed by atoms with Crippen molar-refractivity contribution in [2.24, 2.45) is 0 Å². The van der Waals surface area contributed by atoms with Crippen LogP contribution < -0.4 is 5.32 Å². The number of ether oxygens (including phenoxy) is 2. The molecule has 23 heavy (non-hydrogen) atoms. The van der Waals surface area contributed by atoms with Crippen molar-refractivity contribution >= 4 is 11.9 Å². The molecule has 0 aliphatic rings. The standard InChI is InChI=1S/C17H22N2O4/c1-22-15(13-9-5-3-6-10-13)16(20)19-14(17(21)23-2)11-7-4-8-12-18/h3,5-6,9-10,14-15H,4,7-8,11H2,1-2H3,(H,19,20)/t14-,15+/m1/s1. The molecule has 0 aliphatic carbocycles. The summed E-state index contributed by atoms with van der Waals surface area (Å²) < 4.78 is 9.98. The van der Waals surface area contributed by atoms with Gasteiger partial charge in [0.05, 0.1) is 13.2 Å². The second-order valence-electron chi connectivity index (χ2n) is 5.01. The molecule has 6 heteroatoms. The van der Waals surface area contributed by atoms with Crippen LogP contribution in [0.2, 0.25) is 0 Å². The van der Waals surface area contributed by atoms with E-state index in [1.54, 1.807) is 12.1 Å². The van der Waals surface area contributed by atoms with E-state index in [2.05, 4.69) is 11.4 Å². The summed E-state index contributed by atoms with van der Waals surface area (Å²) in [4.78, 5) is 24.2. The van der Waals surface area contributed by atoms with Crippen LogP contribution in [0.1, 0.15) is 37.4 Å². The number of unbranched alkanes of at least 4 members (excludes halogenated alkanes) is 2. The van der Waals surface area contributed by atoms with Gasteiger partial charge >= 0.3 is 5.97 Å². The highest BCUT2D eigenvalue weighted by atomic mass is 16.5. The highest BCUT2D eigenvalue weighted by molar-refractivity contribution is 5.87.